The lowest BCUT2D eigenvalue weighted by Gasteiger charge is -2.36. The van der Waals surface area contributed by atoms with Crippen LogP contribution in [0.4, 0.5) is 13.6 Å². The van der Waals surface area contributed by atoms with E-state index in [2.05, 4.69) is 16.0 Å². The number of methoxy groups -OCH3 is 1. The zero-order valence-electron chi connectivity index (χ0n) is 26.0. The molecule has 3 aromatic carbocycles. The fourth-order valence-electron chi connectivity index (χ4n) is 6.71. The normalized spacial score (nSPS) is 22.5. The Bertz CT molecular complexity index is 1570. The van der Waals surface area contributed by atoms with Crippen molar-refractivity contribution in [3.8, 4) is 0 Å². The smallest absolute Gasteiger partial charge is 0.407 e. The number of amides is 2. The van der Waals surface area contributed by atoms with Gasteiger partial charge in [-0.3, -0.25) is 4.79 Å². The van der Waals surface area contributed by atoms with Gasteiger partial charge in [0.25, 0.3) is 0 Å². The molecule has 5 rings (SSSR count). The monoisotopic (exact) mass is 670 g/mol. The maximum absolute atomic E-state index is 14.1. The summed E-state index contributed by atoms with van der Waals surface area (Å²) in [6, 6.07) is 17.2. The Morgan fingerprint density at radius 3 is 2.17 bits per heavy atom. The molecule has 47 heavy (non-hydrogen) atoms. The van der Waals surface area contributed by atoms with Crippen LogP contribution >= 0.6 is 0 Å². The Morgan fingerprint density at radius 1 is 0.957 bits per heavy atom. The van der Waals surface area contributed by atoms with E-state index in [1.807, 2.05) is 0 Å². The van der Waals surface area contributed by atoms with E-state index < -0.39 is 57.8 Å². The van der Waals surface area contributed by atoms with E-state index in [0.717, 1.165) is 0 Å². The van der Waals surface area contributed by atoms with Gasteiger partial charge in [0, 0.05) is 37.6 Å². The number of hydrogen-bond donors (Lipinski definition) is 4. The van der Waals surface area contributed by atoms with Gasteiger partial charge in [-0.05, 0) is 79.1 Å². The van der Waals surface area contributed by atoms with Crippen LogP contribution in [0.5, 0.6) is 0 Å². The van der Waals surface area contributed by atoms with E-state index in [-0.39, 0.29) is 23.3 Å². The van der Waals surface area contributed by atoms with Gasteiger partial charge in [-0.15, -0.1) is 0 Å². The van der Waals surface area contributed by atoms with Crippen molar-refractivity contribution in [2.24, 2.45) is 5.92 Å². The first-order chi connectivity index (χ1) is 22.6. The molecule has 252 valence electrons. The fourth-order valence-corrected chi connectivity index (χ4v) is 8.38. The summed E-state index contributed by atoms with van der Waals surface area (Å²) >= 11 is 0. The summed E-state index contributed by atoms with van der Waals surface area (Å²) in [5.74, 6) is -2.55. The molecule has 1 heterocycles. The van der Waals surface area contributed by atoms with Crippen LogP contribution in [0.3, 0.4) is 0 Å². The molecule has 0 radical (unpaired) electrons. The molecule has 0 spiro atoms. The van der Waals surface area contributed by atoms with E-state index in [9.17, 15) is 31.9 Å². The molecular formula is C34H40F2N4O6S. The SMILES string of the molecule is COC(=O)N[C@@H](C(=O)NC1CC(O)CC1CC[C@H]1CNCCN1S(=O)(=O)c1ccccc1)C(c1ccc(F)cc1)c1ccc(F)cc1. The quantitative estimate of drug-likeness (QED) is 0.245. The van der Waals surface area contributed by atoms with E-state index in [1.54, 1.807) is 30.3 Å². The van der Waals surface area contributed by atoms with Gasteiger partial charge in [0.1, 0.15) is 17.7 Å². The van der Waals surface area contributed by atoms with Crippen LogP contribution in [-0.4, -0.2) is 80.8 Å². The van der Waals surface area contributed by atoms with Crippen LogP contribution in [0.25, 0.3) is 0 Å². The predicted molar refractivity (Wildman–Crippen MR) is 171 cm³/mol. The number of halogens is 2. The molecule has 2 fully saturated rings. The van der Waals surface area contributed by atoms with Crippen molar-refractivity contribution in [3.63, 3.8) is 0 Å². The minimum absolute atomic E-state index is 0.175. The molecule has 0 aromatic heterocycles. The summed E-state index contributed by atoms with van der Waals surface area (Å²) in [4.78, 5) is 26.8. The number of carbonyl (C=O) groups excluding carboxylic acids is 2. The molecule has 13 heteroatoms. The van der Waals surface area contributed by atoms with Crippen LogP contribution in [0.1, 0.15) is 42.7 Å². The third kappa shape index (κ3) is 8.33. The molecule has 1 aliphatic carbocycles. The van der Waals surface area contributed by atoms with E-state index >= 15 is 0 Å². The Labute approximate surface area is 273 Å². The number of carbonyl (C=O) groups is 2. The number of hydrogen-bond acceptors (Lipinski definition) is 7. The Morgan fingerprint density at radius 2 is 1.57 bits per heavy atom. The first kappa shape index (κ1) is 34.4. The second-order valence-corrected chi connectivity index (χ2v) is 13.9. The van der Waals surface area contributed by atoms with E-state index in [4.69, 9.17) is 4.74 Å². The number of nitrogens with one attached hydrogen (secondary N) is 3. The number of alkyl carbamates (subject to hydrolysis) is 1. The maximum Gasteiger partial charge on any atom is 0.407 e. The van der Waals surface area contributed by atoms with Gasteiger partial charge in [-0.25, -0.2) is 22.0 Å². The number of rotatable bonds is 11. The Kier molecular flexibility index (Phi) is 11.2. The fraction of sp³-hybridized carbons (Fsp3) is 0.412. The lowest BCUT2D eigenvalue weighted by molar-refractivity contribution is -0.124. The third-order valence-electron chi connectivity index (χ3n) is 9.05. The summed E-state index contributed by atoms with van der Waals surface area (Å²) in [5, 5.41) is 19.6. The van der Waals surface area contributed by atoms with Gasteiger partial charge in [0.05, 0.1) is 18.1 Å². The highest BCUT2D eigenvalue weighted by molar-refractivity contribution is 7.89. The summed E-state index contributed by atoms with van der Waals surface area (Å²) in [5.41, 5.74) is 1.00. The second-order valence-electron chi connectivity index (χ2n) is 12.1. The van der Waals surface area contributed by atoms with E-state index in [0.29, 0.717) is 50.0 Å². The first-order valence-electron chi connectivity index (χ1n) is 15.7. The first-order valence-corrected chi connectivity index (χ1v) is 17.1. The summed E-state index contributed by atoms with van der Waals surface area (Å²) in [6.45, 7) is 1.33. The Balaban J connectivity index is 1.36. The number of sulfonamides is 1. The molecular weight excluding hydrogens is 630 g/mol. The topological polar surface area (TPSA) is 137 Å². The largest absolute Gasteiger partial charge is 0.453 e. The summed E-state index contributed by atoms with van der Waals surface area (Å²) < 4.78 is 61.1. The molecule has 0 bridgehead atoms. The minimum atomic E-state index is -3.72. The standard InChI is InChI=1S/C34H40F2N4O6S/c1-46-34(43)39-32(31(22-7-12-25(35)13-8-22)23-9-14-26(36)15-10-23)33(42)38-30-20-28(41)19-24(30)11-16-27-21-37-17-18-40(27)47(44,45)29-5-3-2-4-6-29/h2-10,12-15,24,27-28,30-32,37,41H,11,16-21H2,1H3,(H,38,42)(H,39,43)/t24?,27-,28?,30?,32+/m0/s1. The lowest BCUT2D eigenvalue weighted by atomic mass is 9.84. The zero-order chi connectivity index (χ0) is 33.6. The zero-order valence-corrected chi connectivity index (χ0v) is 26.8. The molecule has 10 nitrogen and oxygen atoms in total. The van der Waals surface area contributed by atoms with Gasteiger partial charge in [-0.2, -0.15) is 4.31 Å². The highest BCUT2D eigenvalue weighted by atomic mass is 32.2. The molecule has 2 aliphatic rings. The molecule has 2 amide bonds. The number of nitrogens with zero attached hydrogens (tertiary/aromatic N) is 1. The number of ether oxygens (including phenoxy) is 1. The molecule has 3 aromatic rings. The van der Waals surface area contributed by atoms with Crippen LogP contribution in [0, 0.1) is 17.6 Å². The number of benzene rings is 3. The van der Waals surface area contributed by atoms with Crippen LogP contribution in [0.2, 0.25) is 0 Å². The van der Waals surface area contributed by atoms with Gasteiger partial charge < -0.3 is 25.8 Å². The average molecular weight is 671 g/mol. The highest BCUT2D eigenvalue weighted by Crippen LogP contribution is 2.34. The average Bonchev–Trinajstić information content (AvgIpc) is 3.43. The summed E-state index contributed by atoms with van der Waals surface area (Å²) in [7, 11) is -2.55. The maximum atomic E-state index is 14.1. The molecule has 1 aliphatic heterocycles. The molecule has 3 unspecified atom stereocenters. The third-order valence-corrected chi connectivity index (χ3v) is 11.0. The van der Waals surface area contributed by atoms with Crippen molar-refractivity contribution in [1.29, 1.82) is 0 Å². The Hall–Kier alpha value is -3.91. The second kappa shape index (κ2) is 15.3. The van der Waals surface area contributed by atoms with Crippen molar-refractivity contribution < 1.29 is 36.6 Å². The van der Waals surface area contributed by atoms with Gasteiger partial charge in [0.15, 0.2) is 0 Å². The molecule has 1 saturated carbocycles. The molecule has 4 N–H and O–H groups in total. The molecule has 5 atom stereocenters. The van der Waals surface area contributed by atoms with Crippen molar-refractivity contribution >= 4 is 22.0 Å². The van der Waals surface area contributed by atoms with Gasteiger partial charge >= 0.3 is 6.09 Å². The van der Waals surface area contributed by atoms with Crippen LogP contribution in [-0.2, 0) is 19.6 Å². The van der Waals surface area contributed by atoms with Gasteiger partial charge in [0.2, 0.25) is 15.9 Å². The van der Waals surface area contributed by atoms with Gasteiger partial charge in [-0.1, -0.05) is 42.5 Å². The number of piperazine rings is 1. The minimum Gasteiger partial charge on any atom is -0.453 e. The highest BCUT2D eigenvalue weighted by Gasteiger charge is 2.40. The van der Waals surface area contributed by atoms with E-state index in [1.165, 1.54) is 59.9 Å². The van der Waals surface area contributed by atoms with Crippen LogP contribution < -0.4 is 16.0 Å². The van der Waals surface area contributed by atoms with Crippen molar-refractivity contribution in [2.45, 2.75) is 60.7 Å². The number of aliphatic hydroxyl groups is 1. The number of aliphatic hydroxyl groups excluding tert-OH is 1. The van der Waals surface area contributed by atoms with Crippen molar-refractivity contribution in [2.75, 3.05) is 26.7 Å². The predicted octanol–water partition coefficient (Wildman–Crippen LogP) is 3.52. The van der Waals surface area contributed by atoms with Crippen molar-refractivity contribution in [1.82, 2.24) is 20.3 Å². The molecule has 1 saturated heterocycles. The lowest BCUT2D eigenvalue weighted by Crippen LogP contribution is -2.54. The summed E-state index contributed by atoms with van der Waals surface area (Å²) in [6.07, 6.45) is 0.158. The van der Waals surface area contributed by atoms with Crippen molar-refractivity contribution in [3.05, 3.63) is 102 Å². The van der Waals surface area contributed by atoms with Crippen LogP contribution in [0.15, 0.2) is 83.8 Å².